The Bertz CT molecular complexity index is 411. The predicted molar refractivity (Wildman–Crippen MR) is 84.5 cm³/mol. The van der Waals surface area contributed by atoms with Crippen LogP contribution in [-0.2, 0) is 4.74 Å². The second-order valence-electron chi connectivity index (χ2n) is 4.17. The summed E-state index contributed by atoms with van der Waals surface area (Å²) in [5.41, 5.74) is 0.947. The van der Waals surface area contributed by atoms with Crippen LogP contribution >= 0.6 is 24.0 Å². The second-order valence-corrected chi connectivity index (χ2v) is 4.17. The van der Waals surface area contributed by atoms with Crippen LogP contribution in [0.25, 0.3) is 0 Å². The molecule has 0 spiro atoms. The summed E-state index contributed by atoms with van der Waals surface area (Å²) in [6.07, 6.45) is 0.952. The summed E-state index contributed by atoms with van der Waals surface area (Å²) in [5, 5.41) is 6.39. The molecule has 6 heteroatoms. The van der Waals surface area contributed by atoms with Crippen LogP contribution in [0.15, 0.2) is 29.3 Å². The highest BCUT2D eigenvalue weighted by Crippen LogP contribution is 2.16. The minimum atomic E-state index is -0.236. The van der Waals surface area contributed by atoms with Gasteiger partial charge in [-0.25, -0.2) is 4.39 Å². The third-order valence-corrected chi connectivity index (χ3v) is 2.88. The largest absolute Gasteiger partial charge is 0.375 e. The SMILES string of the molecule is COC(CNC1=NCCCN1)c1ccc(F)cc1.I. The smallest absolute Gasteiger partial charge is 0.191 e. The molecule has 19 heavy (non-hydrogen) atoms. The summed E-state index contributed by atoms with van der Waals surface area (Å²) in [5.74, 6) is 0.574. The Hall–Kier alpha value is -0.890. The number of guanidine groups is 1. The summed E-state index contributed by atoms with van der Waals surface area (Å²) in [4.78, 5) is 4.32. The van der Waals surface area contributed by atoms with Gasteiger partial charge in [-0.3, -0.25) is 4.99 Å². The lowest BCUT2D eigenvalue weighted by atomic mass is 10.1. The molecule has 1 unspecified atom stereocenters. The van der Waals surface area contributed by atoms with Gasteiger partial charge >= 0.3 is 0 Å². The Morgan fingerprint density at radius 3 is 2.74 bits per heavy atom. The molecule has 1 atom stereocenters. The molecule has 1 aromatic carbocycles. The monoisotopic (exact) mass is 379 g/mol. The number of halogens is 2. The van der Waals surface area contributed by atoms with E-state index in [4.69, 9.17) is 4.74 Å². The third kappa shape index (κ3) is 4.94. The molecule has 0 fully saturated rings. The van der Waals surface area contributed by atoms with Gasteiger partial charge in [0, 0.05) is 26.7 Å². The standard InChI is InChI=1S/C13H18FN3O.HI/c1-18-12(10-3-5-11(14)6-4-10)9-17-13-15-7-2-8-16-13;/h3-6,12H,2,7-9H2,1H3,(H2,15,16,17);1H. The molecule has 0 radical (unpaired) electrons. The average Bonchev–Trinajstić information content (AvgIpc) is 2.42. The van der Waals surface area contributed by atoms with Gasteiger partial charge in [-0.05, 0) is 24.1 Å². The first-order valence-corrected chi connectivity index (χ1v) is 6.10. The Kier molecular flexibility index (Phi) is 7.07. The molecule has 0 aromatic heterocycles. The van der Waals surface area contributed by atoms with Crippen molar-refractivity contribution in [2.24, 2.45) is 4.99 Å². The number of methoxy groups -OCH3 is 1. The number of ether oxygens (including phenoxy) is 1. The van der Waals surface area contributed by atoms with Crippen LogP contribution in [0, 0.1) is 5.82 Å². The molecule has 0 aliphatic carbocycles. The van der Waals surface area contributed by atoms with Gasteiger partial charge in [0.2, 0.25) is 0 Å². The molecular formula is C13H19FIN3O. The molecular weight excluding hydrogens is 360 g/mol. The second kappa shape index (κ2) is 8.31. The predicted octanol–water partition coefficient (Wildman–Crippen LogP) is 2.07. The van der Waals surface area contributed by atoms with Gasteiger partial charge in [0.05, 0.1) is 6.10 Å². The number of hydrogen-bond acceptors (Lipinski definition) is 4. The molecule has 1 heterocycles. The molecule has 0 saturated heterocycles. The van der Waals surface area contributed by atoms with E-state index < -0.39 is 0 Å². The van der Waals surface area contributed by atoms with Crippen molar-refractivity contribution >= 4 is 29.9 Å². The lowest BCUT2D eigenvalue weighted by Crippen LogP contribution is -2.42. The minimum Gasteiger partial charge on any atom is -0.375 e. The minimum absolute atomic E-state index is 0. The maximum atomic E-state index is 12.8. The molecule has 2 N–H and O–H groups in total. The van der Waals surface area contributed by atoms with Gasteiger partial charge in [-0.1, -0.05) is 12.1 Å². The van der Waals surface area contributed by atoms with E-state index in [1.165, 1.54) is 12.1 Å². The van der Waals surface area contributed by atoms with Crippen LogP contribution in [0.4, 0.5) is 4.39 Å². The van der Waals surface area contributed by atoms with Crippen LogP contribution in [0.2, 0.25) is 0 Å². The van der Waals surface area contributed by atoms with E-state index in [0.29, 0.717) is 6.54 Å². The van der Waals surface area contributed by atoms with Gasteiger partial charge in [0.15, 0.2) is 5.96 Å². The van der Waals surface area contributed by atoms with Gasteiger partial charge < -0.3 is 15.4 Å². The molecule has 0 bridgehead atoms. The van der Waals surface area contributed by atoms with Crippen molar-refractivity contribution in [2.75, 3.05) is 26.7 Å². The Morgan fingerprint density at radius 2 is 2.16 bits per heavy atom. The summed E-state index contributed by atoms with van der Waals surface area (Å²) in [6, 6.07) is 6.36. The fraction of sp³-hybridized carbons (Fsp3) is 0.462. The van der Waals surface area contributed by atoms with Crippen LogP contribution in [0.1, 0.15) is 18.1 Å². The number of benzene rings is 1. The van der Waals surface area contributed by atoms with Gasteiger partial charge in [0.25, 0.3) is 0 Å². The first-order valence-electron chi connectivity index (χ1n) is 6.10. The lowest BCUT2D eigenvalue weighted by Gasteiger charge is -2.20. The molecule has 1 aliphatic heterocycles. The van der Waals surface area contributed by atoms with Crippen LogP contribution in [-0.4, -0.2) is 32.7 Å². The van der Waals surface area contributed by atoms with Gasteiger partial charge in [-0.2, -0.15) is 0 Å². The van der Waals surface area contributed by atoms with Gasteiger partial charge in [-0.15, -0.1) is 24.0 Å². The van der Waals surface area contributed by atoms with E-state index in [9.17, 15) is 4.39 Å². The number of hydrogen-bond donors (Lipinski definition) is 2. The van der Waals surface area contributed by atoms with Crippen molar-refractivity contribution in [3.8, 4) is 0 Å². The Morgan fingerprint density at radius 1 is 1.42 bits per heavy atom. The van der Waals surface area contributed by atoms with Crippen LogP contribution in [0.3, 0.4) is 0 Å². The van der Waals surface area contributed by atoms with Crippen molar-refractivity contribution in [1.82, 2.24) is 10.6 Å². The van der Waals surface area contributed by atoms with Crippen molar-refractivity contribution in [3.05, 3.63) is 35.6 Å². The van der Waals surface area contributed by atoms with E-state index >= 15 is 0 Å². The third-order valence-electron chi connectivity index (χ3n) is 2.88. The topological polar surface area (TPSA) is 45.6 Å². The highest BCUT2D eigenvalue weighted by atomic mass is 127. The molecule has 0 saturated carbocycles. The van der Waals surface area contributed by atoms with Crippen LogP contribution in [0.5, 0.6) is 0 Å². The summed E-state index contributed by atoms with van der Waals surface area (Å²) >= 11 is 0. The number of nitrogens with zero attached hydrogens (tertiary/aromatic N) is 1. The van der Waals surface area contributed by atoms with E-state index in [2.05, 4.69) is 15.6 Å². The molecule has 0 amide bonds. The Labute approximate surface area is 129 Å². The maximum absolute atomic E-state index is 12.8. The van der Waals surface area contributed by atoms with Crippen molar-refractivity contribution in [3.63, 3.8) is 0 Å². The molecule has 1 aromatic rings. The summed E-state index contributed by atoms with van der Waals surface area (Å²) < 4.78 is 18.2. The number of rotatable bonds is 4. The molecule has 2 rings (SSSR count). The van der Waals surface area contributed by atoms with Crippen molar-refractivity contribution in [2.45, 2.75) is 12.5 Å². The van der Waals surface area contributed by atoms with E-state index in [0.717, 1.165) is 31.0 Å². The highest BCUT2D eigenvalue weighted by molar-refractivity contribution is 14.0. The van der Waals surface area contributed by atoms with E-state index in [-0.39, 0.29) is 35.9 Å². The number of nitrogens with one attached hydrogen (secondary N) is 2. The normalized spacial score (nSPS) is 15.8. The average molecular weight is 379 g/mol. The first kappa shape index (κ1) is 16.2. The van der Waals surface area contributed by atoms with Crippen molar-refractivity contribution < 1.29 is 9.13 Å². The van der Waals surface area contributed by atoms with Gasteiger partial charge in [0.1, 0.15) is 5.82 Å². The molecule has 106 valence electrons. The molecule has 1 aliphatic rings. The molecule has 4 nitrogen and oxygen atoms in total. The fourth-order valence-electron chi connectivity index (χ4n) is 1.86. The van der Waals surface area contributed by atoms with E-state index in [1.54, 1.807) is 19.2 Å². The van der Waals surface area contributed by atoms with Crippen LogP contribution < -0.4 is 10.6 Å². The zero-order chi connectivity index (χ0) is 12.8. The zero-order valence-corrected chi connectivity index (χ0v) is 13.2. The maximum Gasteiger partial charge on any atom is 0.191 e. The Balaban J connectivity index is 0.00000180. The number of aliphatic imine (C=N–C) groups is 1. The fourth-order valence-corrected chi connectivity index (χ4v) is 1.86. The van der Waals surface area contributed by atoms with Crippen molar-refractivity contribution in [1.29, 1.82) is 0 Å². The highest BCUT2D eigenvalue weighted by Gasteiger charge is 2.12. The quantitative estimate of drug-likeness (QED) is 0.788. The van der Waals surface area contributed by atoms with E-state index in [1.807, 2.05) is 0 Å². The first-order chi connectivity index (χ1) is 8.79. The zero-order valence-electron chi connectivity index (χ0n) is 10.9. The summed E-state index contributed by atoms with van der Waals surface area (Å²) in [7, 11) is 1.64. The lowest BCUT2D eigenvalue weighted by molar-refractivity contribution is 0.106. The summed E-state index contributed by atoms with van der Waals surface area (Å²) in [6.45, 7) is 2.40.